The second-order valence-corrected chi connectivity index (χ2v) is 20.6. The van der Waals surface area contributed by atoms with Crippen LogP contribution in [-0.4, -0.2) is 26.3 Å². The lowest BCUT2D eigenvalue weighted by atomic mass is 10.0. The van der Waals surface area contributed by atoms with Gasteiger partial charge < -0.3 is 0 Å². The van der Waals surface area contributed by atoms with Crippen molar-refractivity contribution in [3.05, 3.63) is 0 Å². The first kappa shape index (κ1) is 16.8. The van der Waals surface area contributed by atoms with E-state index in [2.05, 4.69) is 69.9 Å². The Kier molecular flexibility index (Phi) is 5.44. The van der Waals surface area contributed by atoms with Crippen LogP contribution in [0, 0.1) is 5.41 Å². The van der Waals surface area contributed by atoms with Crippen LogP contribution >= 0.6 is 6.47 Å². The van der Waals surface area contributed by atoms with E-state index >= 15 is 0 Å². The summed E-state index contributed by atoms with van der Waals surface area (Å²) in [5.41, 5.74) is 0.241. The van der Waals surface area contributed by atoms with Gasteiger partial charge in [-0.1, -0.05) is 60.1 Å². The predicted octanol–water partition coefficient (Wildman–Crippen LogP) is 4.67. The third-order valence-corrected chi connectivity index (χ3v) is 16.5. The van der Waals surface area contributed by atoms with Gasteiger partial charge in [0.2, 0.25) is 0 Å². The van der Waals surface area contributed by atoms with Gasteiger partial charge in [0.05, 0.1) is 0 Å². The largest absolute Gasteiger partial charge is 0.296 e. The molecule has 0 aromatic heterocycles. The highest BCUT2D eigenvalue weighted by molar-refractivity contribution is 8.04. The fourth-order valence-electron chi connectivity index (χ4n) is 1.99. The molecule has 0 radical (unpaired) electrons. The topological polar surface area (TPSA) is 3.24 Å². The number of hydrogen-bond acceptors (Lipinski definition) is 1. The Hall–Kier alpha value is 0.784. The molecule has 0 saturated heterocycles. The summed E-state index contributed by atoms with van der Waals surface area (Å²) in [5.74, 6) is 2.40. The fourth-order valence-corrected chi connectivity index (χ4v) is 21.2. The highest BCUT2D eigenvalue weighted by Gasteiger charge is 2.35. The van der Waals surface area contributed by atoms with Crippen LogP contribution < -0.4 is 0 Å². The van der Waals surface area contributed by atoms with Crippen LogP contribution in [-0.2, 0) is 11.8 Å². The van der Waals surface area contributed by atoms with Crippen molar-refractivity contribution in [2.24, 2.45) is 5.41 Å². The van der Waals surface area contributed by atoms with Crippen molar-refractivity contribution in [2.45, 2.75) is 60.1 Å². The summed E-state index contributed by atoms with van der Waals surface area (Å²) in [7, 11) is -2.59. The van der Waals surface area contributed by atoms with Crippen molar-refractivity contribution >= 4 is 40.5 Å². The first-order valence-corrected chi connectivity index (χ1v) is 15.1. The summed E-state index contributed by atoms with van der Waals surface area (Å²) in [6.07, 6.45) is 0. The summed E-state index contributed by atoms with van der Waals surface area (Å²) in [4.78, 5) is 0. The van der Waals surface area contributed by atoms with Crippen LogP contribution in [0.25, 0.3) is 0 Å². The van der Waals surface area contributed by atoms with Gasteiger partial charge in [0.25, 0.3) is 0 Å². The van der Waals surface area contributed by atoms with E-state index in [1.165, 1.54) is 0 Å². The lowest BCUT2D eigenvalue weighted by molar-refractivity contribution is 0.614. The van der Waals surface area contributed by atoms with Gasteiger partial charge in [-0.25, -0.2) is 0 Å². The predicted molar refractivity (Wildman–Crippen MR) is 88.3 cm³/mol. The molecule has 0 aliphatic heterocycles. The monoisotopic (exact) mass is 293 g/mol. The van der Waals surface area contributed by atoms with Gasteiger partial charge >= 0.3 is 0 Å². The van der Waals surface area contributed by atoms with Crippen LogP contribution in [0.1, 0.15) is 20.8 Å². The normalized spacial score (nSPS) is 15.8. The molecule has 0 aliphatic carbocycles. The molecule has 0 rings (SSSR count). The first-order chi connectivity index (χ1) is 6.75. The second kappa shape index (κ2) is 5.19. The van der Waals surface area contributed by atoms with E-state index in [-0.39, 0.29) is 5.41 Å². The van der Waals surface area contributed by atoms with Gasteiger partial charge in [-0.3, -0.25) is 4.00 Å². The molecule has 1 nitrogen and oxygen atoms in total. The maximum Gasteiger partial charge on any atom is 0.121 e. The highest BCUT2D eigenvalue weighted by Crippen LogP contribution is 2.33. The zero-order chi connectivity index (χ0) is 13.4. The highest BCUT2D eigenvalue weighted by atomic mass is 32.4. The molecular weight excluding hydrogens is 265 g/mol. The molecule has 0 aliphatic rings. The Bertz CT molecular complexity index is 300. The maximum atomic E-state index is 5.81. The average Bonchev–Trinajstić information content (AvgIpc) is 1.70. The minimum Gasteiger partial charge on any atom is -0.296 e. The molecule has 1 atom stereocenters. The van der Waals surface area contributed by atoms with Gasteiger partial charge in [-0.15, -0.1) is 0 Å². The van der Waals surface area contributed by atoms with Crippen molar-refractivity contribution in [3.63, 3.8) is 0 Å². The zero-order valence-corrected chi connectivity index (χ0v) is 16.1. The van der Waals surface area contributed by atoms with Crippen molar-refractivity contribution in [2.75, 3.05) is 0 Å². The van der Waals surface area contributed by atoms with Crippen molar-refractivity contribution in [1.82, 2.24) is 4.00 Å². The lowest BCUT2D eigenvalue weighted by Crippen LogP contribution is -2.54. The van der Waals surface area contributed by atoms with Gasteiger partial charge in [0.1, 0.15) is 16.5 Å². The standard InChI is InChI=1S/C11H28NPSSi2/c1-11(2,3)10-13(14)12(15(4,5)6)16(7,8)9/h10H,1-9H3. The van der Waals surface area contributed by atoms with Crippen LogP contribution in [0.3, 0.4) is 0 Å². The Morgan fingerprint density at radius 3 is 1.44 bits per heavy atom. The minimum absolute atomic E-state index is 0.241. The van der Waals surface area contributed by atoms with Crippen LogP contribution in [0.5, 0.6) is 0 Å². The van der Waals surface area contributed by atoms with Crippen LogP contribution in [0.2, 0.25) is 39.3 Å². The number of nitrogens with zero attached hydrogens (tertiary/aromatic N) is 1. The number of hydrogen-bond donors (Lipinski definition) is 0. The Labute approximate surface area is 110 Å². The Morgan fingerprint density at radius 2 is 1.25 bits per heavy atom. The summed E-state index contributed by atoms with van der Waals surface area (Å²) < 4.78 is 2.75. The molecule has 0 saturated carbocycles. The average molecular weight is 294 g/mol. The summed E-state index contributed by atoms with van der Waals surface area (Å²) in [6, 6.07) is 0. The zero-order valence-electron chi connectivity index (χ0n) is 12.4. The molecule has 0 heterocycles. The molecule has 1 unspecified atom stereocenters. The SMILES string of the molecule is CC(C)(C)/C=P(=S)/N([Si](C)(C)C)[Si](C)(C)C. The molecule has 0 amide bonds. The van der Waals surface area contributed by atoms with Gasteiger partial charge in [0, 0.05) is 0 Å². The molecule has 0 aromatic rings. The smallest absolute Gasteiger partial charge is 0.121 e. The molecule has 96 valence electrons. The summed E-state index contributed by atoms with van der Waals surface area (Å²) >= 11 is 5.81. The van der Waals surface area contributed by atoms with Gasteiger partial charge in [0.15, 0.2) is 0 Å². The van der Waals surface area contributed by atoms with Crippen LogP contribution in [0.15, 0.2) is 0 Å². The second-order valence-electron chi connectivity index (χ2n) is 7.45. The summed E-state index contributed by atoms with van der Waals surface area (Å²) in [6.45, 7) is 20.8. The van der Waals surface area contributed by atoms with E-state index in [0.29, 0.717) is 0 Å². The van der Waals surface area contributed by atoms with E-state index in [9.17, 15) is 0 Å². The van der Waals surface area contributed by atoms with E-state index in [1.807, 2.05) is 0 Å². The molecule has 0 N–H and O–H groups in total. The Morgan fingerprint density at radius 1 is 0.938 bits per heavy atom. The molecule has 0 spiro atoms. The van der Waals surface area contributed by atoms with Crippen LogP contribution in [0.4, 0.5) is 0 Å². The van der Waals surface area contributed by atoms with Crippen molar-refractivity contribution in [3.8, 4) is 0 Å². The number of rotatable bonds is 3. The maximum absolute atomic E-state index is 5.81. The van der Waals surface area contributed by atoms with Gasteiger partial charge in [-0.05, 0) is 29.5 Å². The van der Waals surface area contributed by atoms with E-state index in [0.717, 1.165) is 0 Å². The summed E-state index contributed by atoms with van der Waals surface area (Å²) in [5, 5.41) is 0. The molecule has 16 heavy (non-hydrogen) atoms. The minimum atomic E-state index is -1.30. The third kappa shape index (κ3) is 5.92. The molecule has 5 heteroatoms. The fraction of sp³-hybridized carbons (Fsp3) is 0.909. The first-order valence-electron chi connectivity index (χ1n) is 5.88. The molecule has 0 fully saturated rings. The van der Waals surface area contributed by atoms with E-state index < -0.39 is 22.9 Å². The third-order valence-electron chi connectivity index (χ3n) is 1.97. The van der Waals surface area contributed by atoms with Crippen molar-refractivity contribution < 1.29 is 0 Å². The van der Waals surface area contributed by atoms with E-state index in [1.54, 1.807) is 0 Å². The quantitative estimate of drug-likeness (QED) is 0.550. The molecule has 0 bridgehead atoms. The van der Waals surface area contributed by atoms with E-state index in [4.69, 9.17) is 11.8 Å². The molecular formula is C11H28NPSSi2. The van der Waals surface area contributed by atoms with Gasteiger partial charge in [-0.2, -0.15) is 0 Å². The van der Waals surface area contributed by atoms with Crippen molar-refractivity contribution in [1.29, 1.82) is 0 Å². The molecule has 0 aromatic carbocycles. The lowest BCUT2D eigenvalue weighted by Gasteiger charge is -2.41. The Balaban J connectivity index is 5.43.